The summed E-state index contributed by atoms with van der Waals surface area (Å²) in [4.78, 5) is 11.5. The number of esters is 1. The molecule has 0 spiro atoms. The van der Waals surface area contributed by atoms with Crippen molar-refractivity contribution in [2.45, 2.75) is 12.8 Å². The molecule has 1 aromatic carbocycles. The van der Waals surface area contributed by atoms with Gasteiger partial charge in [-0.3, -0.25) is 0 Å². The minimum Gasteiger partial charge on any atom is -0.494 e. The van der Waals surface area contributed by atoms with Gasteiger partial charge in [0, 0.05) is 26.1 Å². The monoisotopic (exact) mass is 254 g/mol. The van der Waals surface area contributed by atoms with E-state index in [4.69, 9.17) is 19.7 Å². The van der Waals surface area contributed by atoms with E-state index in [-0.39, 0.29) is 19.8 Å². The predicted molar refractivity (Wildman–Crippen MR) is 65.6 cm³/mol. The van der Waals surface area contributed by atoms with Gasteiger partial charge in [-0.05, 0) is 24.3 Å². The zero-order valence-electron chi connectivity index (χ0n) is 10.2. The molecule has 18 heavy (non-hydrogen) atoms. The summed E-state index contributed by atoms with van der Waals surface area (Å²) in [6.45, 7) is 0.751. The zero-order valence-corrected chi connectivity index (χ0v) is 10.2. The van der Waals surface area contributed by atoms with Crippen molar-refractivity contribution in [3.05, 3.63) is 29.8 Å². The van der Waals surface area contributed by atoms with E-state index in [2.05, 4.69) is 0 Å². The molecule has 0 radical (unpaired) electrons. The summed E-state index contributed by atoms with van der Waals surface area (Å²) >= 11 is 0. The molecule has 1 rings (SSSR count). The van der Waals surface area contributed by atoms with Crippen LogP contribution < -0.4 is 4.74 Å². The third-order valence-electron chi connectivity index (χ3n) is 2.20. The number of hydrogen-bond acceptors (Lipinski definition) is 5. The molecule has 5 nitrogen and oxygen atoms in total. The van der Waals surface area contributed by atoms with E-state index in [0.717, 1.165) is 0 Å². The smallest absolute Gasteiger partial charge is 0.338 e. The zero-order chi connectivity index (χ0) is 13.2. The molecule has 1 aromatic rings. The Morgan fingerprint density at radius 1 is 1.00 bits per heavy atom. The number of carbonyl (C=O) groups is 1. The standard InChI is InChI=1S/C13H18O5/c14-7-1-9-17-12-5-3-11(4-6-12)13(16)18-10-2-8-15/h3-6,14-15H,1-2,7-10H2. The number of ether oxygens (including phenoxy) is 2. The van der Waals surface area contributed by atoms with Crippen molar-refractivity contribution in [2.75, 3.05) is 26.4 Å². The van der Waals surface area contributed by atoms with E-state index in [0.29, 0.717) is 30.8 Å². The lowest BCUT2D eigenvalue weighted by Gasteiger charge is -2.06. The van der Waals surface area contributed by atoms with Crippen molar-refractivity contribution >= 4 is 5.97 Å². The summed E-state index contributed by atoms with van der Waals surface area (Å²) in [5, 5.41) is 17.2. The fourth-order valence-electron chi connectivity index (χ4n) is 1.25. The molecule has 0 aliphatic heterocycles. The Hall–Kier alpha value is -1.59. The van der Waals surface area contributed by atoms with Gasteiger partial charge in [0.15, 0.2) is 0 Å². The van der Waals surface area contributed by atoms with Crippen LogP contribution in [-0.2, 0) is 4.74 Å². The fourth-order valence-corrected chi connectivity index (χ4v) is 1.25. The first-order chi connectivity index (χ1) is 8.77. The Morgan fingerprint density at radius 3 is 2.22 bits per heavy atom. The molecule has 0 aliphatic carbocycles. The lowest BCUT2D eigenvalue weighted by atomic mass is 10.2. The van der Waals surface area contributed by atoms with Crippen LogP contribution in [0.5, 0.6) is 5.75 Å². The van der Waals surface area contributed by atoms with Crippen molar-refractivity contribution < 1.29 is 24.5 Å². The molecule has 0 saturated carbocycles. The first-order valence-electron chi connectivity index (χ1n) is 5.89. The van der Waals surface area contributed by atoms with Crippen molar-refractivity contribution in [1.29, 1.82) is 0 Å². The van der Waals surface area contributed by atoms with E-state index in [1.54, 1.807) is 24.3 Å². The molecule has 0 heterocycles. The number of carbonyl (C=O) groups excluding carboxylic acids is 1. The molecule has 0 atom stereocenters. The summed E-state index contributed by atoms with van der Waals surface area (Å²) in [5.74, 6) is 0.237. The average molecular weight is 254 g/mol. The largest absolute Gasteiger partial charge is 0.494 e. The topological polar surface area (TPSA) is 76.0 Å². The number of rotatable bonds is 8. The molecular weight excluding hydrogens is 236 g/mol. The second-order valence-electron chi connectivity index (χ2n) is 3.66. The molecule has 100 valence electrons. The van der Waals surface area contributed by atoms with E-state index >= 15 is 0 Å². The second-order valence-corrected chi connectivity index (χ2v) is 3.66. The summed E-state index contributed by atoms with van der Waals surface area (Å²) in [6.07, 6.45) is 1.01. The van der Waals surface area contributed by atoms with Gasteiger partial charge in [-0.25, -0.2) is 4.79 Å². The predicted octanol–water partition coefficient (Wildman–Crippen LogP) is 0.987. The molecule has 0 amide bonds. The molecule has 0 saturated heterocycles. The highest BCUT2D eigenvalue weighted by Gasteiger charge is 2.06. The highest BCUT2D eigenvalue weighted by Crippen LogP contribution is 2.13. The molecule has 5 heteroatoms. The van der Waals surface area contributed by atoms with Crippen LogP contribution in [0.2, 0.25) is 0 Å². The van der Waals surface area contributed by atoms with Gasteiger partial charge in [0.05, 0.1) is 18.8 Å². The van der Waals surface area contributed by atoms with Crippen molar-refractivity contribution in [3.8, 4) is 5.75 Å². The van der Waals surface area contributed by atoms with Crippen LogP contribution in [0, 0.1) is 0 Å². The maximum Gasteiger partial charge on any atom is 0.338 e. The number of aliphatic hydroxyl groups excluding tert-OH is 2. The average Bonchev–Trinajstić information content (AvgIpc) is 2.40. The Morgan fingerprint density at radius 2 is 1.61 bits per heavy atom. The van der Waals surface area contributed by atoms with E-state index < -0.39 is 5.97 Å². The van der Waals surface area contributed by atoms with Crippen LogP contribution in [-0.4, -0.2) is 42.6 Å². The fraction of sp³-hybridized carbons (Fsp3) is 0.462. The molecule has 0 unspecified atom stereocenters. The number of benzene rings is 1. The van der Waals surface area contributed by atoms with Gasteiger partial charge < -0.3 is 19.7 Å². The minimum atomic E-state index is -0.412. The third kappa shape index (κ3) is 5.16. The molecule has 0 aliphatic rings. The van der Waals surface area contributed by atoms with Gasteiger partial charge in [0.1, 0.15) is 5.75 Å². The minimum absolute atomic E-state index is 0.00488. The van der Waals surface area contributed by atoms with E-state index in [1.807, 2.05) is 0 Å². The van der Waals surface area contributed by atoms with Gasteiger partial charge in [0.25, 0.3) is 0 Å². The summed E-state index contributed by atoms with van der Waals surface area (Å²) in [6, 6.07) is 6.60. The quantitative estimate of drug-likeness (QED) is 0.534. The summed E-state index contributed by atoms with van der Waals surface area (Å²) in [5.41, 5.74) is 0.447. The molecule has 0 aromatic heterocycles. The number of aliphatic hydroxyl groups is 2. The SMILES string of the molecule is O=C(OCCCO)c1ccc(OCCCO)cc1. The summed E-state index contributed by atoms with van der Waals surface area (Å²) < 4.78 is 10.3. The Bertz CT molecular complexity index is 347. The third-order valence-corrected chi connectivity index (χ3v) is 2.20. The molecule has 0 fully saturated rings. The molecule has 0 bridgehead atoms. The van der Waals surface area contributed by atoms with Crippen LogP contribution in [0.4, 0.5) is 0 Å². The Balaban J connectivity index is 2.41. The van der Waals surface area contributed by atoms with Crippen molar-refractivity contribution in [2.24, 2.45) is 0 Å². The van der Waals surface area contributed by atoms with Gasteiger partial charge in [0.2, 0.25) is 0 Å². The first kappa shape index (κ1) is 14.5. The molecule has 2 N–H and O–H groups in total. The first-order valence-corrected chi connectivity index (χ1v) is 5.89. The van der Waals surface area contributed by atoms with Gasteiger partial charge in [-0.1, -0.05) is 0 Å². The summed E-state index contributed by atoms with van der Waals surface area (Å²) in [7, 11) is 0. The van der Waals surface area contributed by atoms with Crippen LogP contribution in [0.25, 0.3) is 0 Å². The lowest BCUT2D eigenvalue weighted by Crippen LogP contribution is -2.07. The van der Waals surface area contributed by atoms with Crippen LogP contribution >= 0.6 is 0 Å². The van der Waals surface area contributed by atoms with Crippen molar-refractivity contribution in [1.82, 2.24) is 0 Å². The molecular formula is C13H18O5. The van der Waals surface area contributed by atoms with Crippen LogP contribution in [0.1, 0.15) is 23.2 Å². The number of hydrogen-bond donors (Lipinski definition) is 2. The second kappa shape index (κ2) is 8.49. The van der Waals surface area contributed by atoms with Crippen LogP contribution in [0.3, 0.4) is 0 Å². The van der Waals surface area contributed by atoms with Gasteiger partial charge >= 0.3 is 5.97 Å². The Labute approximate surface area is 106 Å². The highest BCUT2D eigenvalue weighted by molar-refractivity contribution is 5.89. The lowest BCUT2D eigenvalue weighted by molar-refractivity contribution is 0.0482. The van der Waals surface area contributed by atoms with Gasteiger partial charge in [-0.2, -0.15) is 0 Å². The maximum absolute atomic E-state index is 11.5. The van der Waals surface area contributed by atoms with Crippen LogP contribution in [0.15, 0.2) is 24.3 Å². The van der Waals surface area contributed by atoms with Gasteiger partial charge in [-0.15, -0.1) is 0 Å². The van der Waals surface area contributed by atoms with E-state index in [1.165, 1.54) is 0 Å². The van der Waals surface area contributed by atoms with Crippen molar-refractivity contribution in [3.63, 3.8) is 0 Å². The normalized spacial score (nSPS) is 10.1. The highest BCUT2D eigenvalue weighted by atomic mass is 16.5. The Kier molecular flexibility index (Phi) is 6.83. The van der Waals surface area contributed by atoms with E-state index in [9.17, 15) is 4.79 Å². The maximum atomic E-state index is 11.5.